The molecule has 0 radical (unpaired) electrons. The van der Waals surface area contributed by atoms with Gasteiger partial charge in [-0.1, -0.05) is 12.1 Å². The third kappa shape index (κ3) is 2.38. The maximum Gasteiger partial charge on any atom is 0.348 e. The van der Waals surface area contributed by atoms with Crippen LogP contribution in [0.25, 0.3) is 10.4 Å². The smallest absolute Gasteiger partial charge is 0.348 e. The molecule has 1 amide bonds. The summed E-state index contributed by atoms with van der Waals surface area (Å²) in [6.07, 6.45) is 0.420. The van der Waals surface area contributed by atoms with Gasteiger partial charge in [0, 0.05) is 4.88 Å². The molecule has 0 aliphatic heterocycles. The van der Waals surface area contributed by atoms with Gasteiger partial charge in [-0.3, -0.25) is 4.79 Å². The highest BCUT2D eigenvalue weighted by Gasteiger charge is 2.15. The SMILES string of the molecule is O=CNc1cc(-c2ccc(F)cc2)sc1C(=O)O. The molecule has 2 aromatic rings. The van der Waals surface area contributed by atoms with Crippen LogP contribution in [-0.2, 0) is 4.79 Å². The van der Waals surface area contributed by atoms with Crippen LogP contribution in [0.1, 0.15) is 9.67 Å². The molecule has 0 bridgehead atoms. The van der Waals surface area contributed by atoms with E-state index >= 15 is 0 Å². The van der Waals surface area contributed by atoms with Gasteiger partial charge < -0.3 is 10.4 Å². The van der Waals surface area contributed by atoms with Crippen LogP contribution in [0.3, 0.4) is 0 Å². The summed E-state index contributed by atoms with van der Waals surface area (Å²) in [5.41, 5.74) is 0.935. The first-order chi connectivity index (χ1) is 8.61. The molecule has 92 valence electrons. The Kier molecular flexibility index (Phi) is 3.38. The molecule has 0 saturated carbocycles. The van der Waals surface area contributed by atoms with E-state index in [4.69, 9.17) is 5.11 Å². The molecule has 6 heteroatoms. The van der Waals surface area contributed by atoms with Gasteiger partial charge in [-0.15, -0.1) is 11.3 Å². The highest BCUT2D eigenvalue weighted by Crippen LogP contribution is 2.34. The highest BCUT2D eigenvalue weighted by atomic mass is 32.1. The summed E-state index contributed by atoms with van der Waals surface area (Å²) in [5, 5.41) is 11.3. The fourth-order valence-corrected chi connectivity index (χ4v) is 2.44. The summed E-state index contributed by atoms with van der Waals surface area (Å²) < 4.78 is 12.8. The minimum atomic E-state index is -1.11. The molecule has 18 heavy (non-hydrogen) atoms. The summed E-state index contributed by atoms with van der Waals surface area (Å²) in [6.45, 7) is 0. The second-order valence-electron chi connectivity index (χ2n) is 3.43. The number of thiophene rings is 1. The van der Waals surface area contributed by atoms with Gasteiger partial charge in [-0.05, 0) is 23.8 Å². The van der Waals surface area contributed by atoms with Crippen LogP contribution < -0.4 is 5.32 Å². The van der Waals surface area contributed by atoms with E-state index in [1.54, 1.807) is 18.2 Å². The molecule has 0 unspecified atom stereocenters. The lowest BCUT2D eigenvalue weighted by atomic mass is 10.2. The zero-order valence-electron chi connectivity index (χ0n) is 9.01. The number of halogens is 1. The summed E-state index contributed by atoms with van der Waals surface area (Å²) in [6, 6.07) is 7.25. The lowest BCUT2D eigenvalue weighted by Gasteiger charge is -1.95. The second kappa shape index (κ2) is 4.97. The van der Waals surface area contributed by atoms with Gasteiger partial charge >= 0.3 is 5.97 Å². The minimum Gasteiger partial charge on any atom is -0.477 e. The van der Waals surface area contributed by atoms with Crippen molar-refractivity contribution in [2.24, 2.45) is 0 Å². The lowest BCUT2D eigenvalue weighted by Crippen LogP contribution is -2.00. The van der Waals surface area contributed by atoms with Crippen LogP contribution in [0.2, 0.25) is 0 Å². The van der Waals surface area contributed by atoms with Crippen molar-refractivity contribution in [3.05, 3.63) is 41.0 Å². The van der Waals surface area contributed by atoms with Gasteiger partial charge in [0.1, 0.15) is 10.7 Å². The van der Waals surface area contributed by atoms with Crippen molar-refractivity contribution >= 4 is 29.4 Å². The van der Waals surface area contributed by atoms with Crippen LogP contribution in [0.15, 0.2) is 30.3 Å². The number of nitrogens with one attached hydrogen (secondary N) is 1. The lowest BCUT2D eigenvalue weighted by molar-refractivity contribution is -0.105. The summed E-state index contributed by atoms with van der Waals surface area (Å²) in [4.78, 5) is 22.1. The molecule has 0 aliphatic rings. The molecule has 0 aliphatic carbocycles. The Morgan fingerprint density at radius 1 is 1.33 bits per heavy atom. The molecular weight excluding hydrogens is 257 g/mol. The molecule has 1 aromatic heterocycles. The van der Waals surface area contributed by atoms with E-state index in [1.807, 2.05) is 0 Å². The zero-order valence-corrected chi connectivity index (χ0v) is 9.83. The quantitative estimate of drug-likeness (QED) is 0.835. The topological polar surface area (TPSA) is 66.4 Å². The normalized spacial score (nSPS) is 10.1. The van der Waals surface area contributed by atoms with Crippen molar-refractivity contribution < 1.29 is 19.1 Å². The number of benzene rings is 1. The fourth-order valence-electron chi connectivity index (χ4n) is 1.48. The van der Waals surface area contributed by atoms with E-state index in [-0.39, 0.29) is 16.4 Å². The van der Waals surface area contributed by atoms with Gasteiger partial charge in [0.05, 0.1) is 5.69 Å². The van der Waals surface area contributed by atoms with Crippen LogP contribution in [0.5, 0.6) is 0 Å². The number of hydrogen-bond donors (Lipinski definition) is 2. The third-order valence-corrected chi connectivity index (χ3v) is 3.44. The number of carbonyl (C=O) groups is 2. The number of carboxylic acid groups (broad SMARTS) is 1. The molecule has 2 N–H and O–H groups in total. The van der Waals surface area contributed by atoms with Gasteiger partial charge in [-0.2, -0.15) is 0 Å². The average Bonchev–Trinajstić information content (AvgIpc) is 2.75. The van der Waals surface area contributed by atoms with Crippen molar-refractivity contribution in [1.29, 1.82) is 0 Å². The van der Waals surface area contributed by atoms with Gasteiger partial charge in [0.15, 0.2) is 0 Å². The molecule has 1 heterocycles. The molecular formula is C12H8FNO3S. The molecule has 1 aromatic carbocycles. The van der Waals surface area contributed by atoms with Crippen LogP contribution in [0.4, 0.5) is 10.1 Å². The van der Waals surface area contributed by atoms with E-state index in [9.17, 15) is 14.0 Å². The Hall–Kier alpha value is -2.21. The Morgan fingerprint density at radius 2 is 2.00 bits per heavy atom. The van der Waals surface area contributed by atoms with E-state index in [0.717, 1.165) is 11.3 Å². The van der Waals surface area contributed by atoms with Crippen LogP contribution in [-0.4, -0.2) is 17.5 Å². The molecule has 0 fully saturated rings. The van der Waals surface area contributed by atoms with Crippen molar-refractivity contribution in [3.63, 3.8) is 0 Å². The monoisotopic (exact) mass is 265 g/mol. The first-order valence-corrected chi connectivity index (χ1v) is 5.76. The molecule has 0 saturated heterocycles. The second-order valence-corrected chi connectivity index (χ2v) is 4.48. The number of hydrogen-bond acceptors (Lipinski definition) is 3. The van der Waals surface area contributed by atoms with Crippen LogP contribution >= 0.6 is 11.3 Å². The van der Waals surface area contributed by atoms with E-state index < -0.39 is 5.97 Å². The molecule has 0 atom stereocenters. The number of carboxylic acids is 1. The summed E-state index contributed by atoms with van der Waals surface area (Å²) >= 11 is 1.02. The van der Waals surface area contributed by atoms with E-state index in [0.29, 0.717) is 16.9 Å². The summed E-state index contributed by atoms with van der Waals surface area (Å²) in [5.74, 6) is -1.47. The van der Waals surface area contributed by atoms with Gasteiger partial charge in [0.2, 0.25) is 6.41 Å². The third-order valence-electron chi connectivity index (χ3n) is 2.27. The minimum absolute atomic E-state index is 0.0430. The maximum absolute atomic E-state index is 12.8. The fraction of sp³-hybridized carbons (Fsp3) is 0. The van der Waals surface area contributed by atoms with Crippen molar-refractivity contribution in [3.8, 4) is 10.4 Å². The predicted molar refractivity (Wildman–Crippen MR) is 66.4 cm³/mol. The van der Waals surface area contributed by atoms with Gasteiger partial charge in [-0.25, -0.2) is 9.18 Å². The largest absolute Gasteiger partial charge is 0.477 e. The van der Waals surface area contributed by atoms with Crippen LogP contribution in [0, 0.1) is 5.82 Å². The van der Waals surface area contributed by atoms with Crippen molar-refractivity contribution in [1.82, 2.24) is 0 Å². The Balaban J connectivity index is 2.45. The van der Waals surface area contributed by atoms with Gasteiger partial charge in [0.25, 0.3) is 0 Å². The zero-order chi connectivity index (χ0) is 13.1. The number of aromatic carboxylic acids is 1. The molecule has 4 nitrogen and oxygen atoms in total. The molecule has 0 spiro atoms. The molecule has 2 rings (SSSR count). The number of rotatable bonds is 4. The van der Waals surface area contributed by atoms with E-state index in [1.165, 1.54) is 12.1 Å². The van der Waals surface area contributed by atoms with Crippen molar-refractivity contribution in [2.75, 3.05) is 5.32 Å². The Morgan fingerprint density at radius 3 is 2.56 bits per heavy atom. The average molecular weight is 265 g/mol. The van der Waals surface area contributed by atoms with Crippen molar-refractivity contribution in [2.45, 2.75) is 0 Å². The highest BCUT2D eigenvalue weighted by molar-refractivity contribution is 7.18. The Labute approximate surface area is 106 Å². The number of anilines is 1. The maximum atomic E-state index is 12.8. The number of amides is 1. The Bertz CT molecular complexity index is 592. The van der Waals surface area contributed by atoms with E-state index in [2.05, 4.69) is 5.32 Å². The predicted octanol–water partition coefficient (Wildman–Crippen LogP) is 2.82. The summed E-state index contributed by atoms with van der Waals surface area (Å²) in [7, 11) is 0. The first kappa shape index (κ1) is 12.3. The number of carbonyl (C=O) groups excluding carboxylic acids is 1. The first-order valence-electron chi connectivity index (χ1n) is 4.95. The standard InChI is InChI=1S/C12H8FNO3S/c13-8-3-1-7(2-4-8)10-5-9(14-6-15)11(18-10)12(16)17/h1-6H,(H,14,15)(H,16,17).